The summed E-state index contributed by atoms with van der Waals surface area (Å²) in [6.45, 7) is 2.90. The molecule has 0 aliphatic rings. The first kappa shape index (κ1) is 17.2. The van der Waals surface area contributed by atoms with Gasteiger partial charge < -0.3 is 19.9 Å². The summed E-state index contributed by atoms with van der Waals surface area (Å²) >= 11 is 0. The molecule has 0 unspecified atom stereocenters. The van der Waals surface area contributed by atoms with Gasteiger partial charge in [-0.05, 0) is 42.5 Å². The summed E-state index contributed by atoms with van der Waals surface area (Å²) in [4.78, 5) is 26.3. The predicted octanol–water partition coefficient (Wildman–Crippen LogP) is 1.73. The average molecular weight is 319 g/mol. The monoisotopic (exact) mass is 319 g/mol. The van der Waals surface area contributed by atoms with Gasteiger partial charge >= 0.3 is 5.97 Å². The molecule has 0 saturated carbocycles. The Morgan fingerprint density at radius 3 is 2.70 bits per heavy atom. The van der Waals surface area contributed by atoms with Crippen molar-refractivity contribution in [2.75, 3.05) is 19.8 Å². The number of benzene rings is 1. The van der Waals surface area contributed by atoms with Gasteiger partial charge in [0.1, 0.15) is 5.56 Å². The Bertz CT molecular complexity index is 750. The number of aromatic amines is 1. The number of H-pyrrole nitrogens is 1. The van der Waals surface area contributed by atoms with E-state index in [0.29, 0.717) is 24.1 Å². The summed E-state index contributed by atoms with van der Waals surface area (Å²) in [5, 5.41) is 18.1. The number of aliphatic hydroxyl groups excluding tert-OH is 1. The highest BCUT2D eigenvalue weighted by atomic mass is 16.5. The number of carbonyl (C=O) groups is 1. The zero-order valence-electron chi connectivity index (χ0n) is 13.1. The van der Waals surface area contributed by atoms with Gasteiger partial charge in [0.25, 0.3) is 0 Å². The number of nitrogens with one attached hydrogen (secondary N) is 1. The molecule has 0 aliphatic carbocycles. The van der Waals surface area contributed by atoms with Crippen LogP contribution in [-0.4, -0.2) is 41.0 Å². The van der Waals surface area contributed by atoms with E-state index in [1.54, 1.807) is 6.07 Å². The third kappa shape index (κ3) is 3.97. The van der Waals surface area contributed by atoms with Gasteiger partial charge in [-0.1, -0.05) is 6.92 Å². The quantitative estimate of drug-likeness (QED) is 0.644. The minimum Gasteiger partial charge on any atom is -0.477 e. The number of pyridine rings is 1. The summed E-state index contributed by atoms with van der Waals surface area (Å²) in [7, 11) is 0. The number of aromatic carboxylic acids is 1. The van der Waals surface area contributed by atoms with Crippen molar-refractivity contribution in [2.24, 2.45) is 0 Å². The SMILES string of the molecule is CCc1cc2[nH]cc(C(=O)O)c(=O)c2cc1CCCOCCO. The van der Waals surface area contributed by atoms with E-state index in [2.05, 4.69) is 4.98 Å². The second-order valence-electron chi connectivity index (χ2n) is 5.30. The van der Waals surface area contributed by atoms with Crippen molar-refractivity contribution in [2.45, 2.75) is 26.2 Å². The molecule has 23 heavy (non-hydrogen) atoms. The number of hydrogen-bond acceptors (Lipinski definition) is 4. The van der Waals surface area contributed by atoms with Crippen LogP contribution in [0.25, 0.3) is 10.9 Å². The minimum atomic E-state index is -1.23. The molecule has 0 bridgehead atoms. The Labute approximate surface area is 133 Å². The average Bonchev–Trinajstić information content (AvgIpc) is 2.54. The lowest BCUT2D eigenvalue weighted by Crippen LogP contribution is -2.16. The maximum Gasteiger partial charge on any atom is 0.341 e. The van der Waals surface area contributed by atoms with E-state index >= 15 is 0 Å². The molecular formula is C17H21NO5. The van der Waals surface area contributed by atoms with Crippen LogP contribution in [-0.2, 0) is 17.6 Å². The number of fused-ring (bicyclic) bond motifs is 1. The van der Waals surface area contributed by atoms with E-state index in [1.807, 2.05) is 13.0 Å². The molecule has 1 heterocycles. The number of carboxylic acids is 1. The highest BCUT2D eigenvalue weighted by molar-refractivity contribution is 5.92. The predicted molar refractivity (Wildman–Crippen MR) is 87.1 cm³/mol. The Kier molecular flexibility index (Phi) is 5.90. The van der Waals surface area contributed by atoms with Crippen molar-refractivity contribution < 1.29 is 19.7 Å². The van der Waals surface area contributed by atoms with Crippen LogP contribution >= 0.6 is 0 Å². The van der Waals surface area contributed by atoms with Gasteiger partial charge in [0.2, 0.25) is 5.43 Å². The molecule has 2 rings (SSSR count). The lowest BCUT2D eigenvalue weighted by Gasteiger charge is -2.11. The normalized spacial score (nSPS) is 11.0. The zero-order valence-corrected chi connectivity index (χ0v) is 13.1. The van der Waals surface area contributed by atoms with Crippen LogP contribution in [0.5, 0.6) is 0 Å². The lowest BCUT2D eigenvalue weighted by atomic mass is 9.97. The summed E-state index contributed by atoms with van der Waals surface area (Å²) in [6.07, 6.45) is 3.58. The Morgan fingerprint density at radius 1 is 1.26 bits per heavy atom. The van der Waals surface area contributed by atoms with Gasteiger partial charge in [-0.2, -0.15) is 0 Å². The van der Waals surface area contributed by atoms with Crippen molar-refractivity contribution >= 4 is 16.9 Å². The minimum absolute atomic E-state index is 0.00350. The molecule has 0 saturated heterocycles. The van der Waals surface area contributed by atoms with E-state index in [4.69, 9.17) is 14.9 Å². The largest absolute Gasteiger partial charge is 0.477 e. The smallest absolute Gasteiger partial charge is 0.341 e. The van der Waals surface area contributed by atoms with E-state index in [0.717, 1.165) is 30.4 Å². The van der Waals surface area contributed by atoms with Gasteiger partial charge in [0.15, 0.2) is 0 Å². The number of carboxylic acid groups (broad SMARTS) is 1. The van der Waals surface area contributed by atoms with E-state index in [1.165, 1.54) is 6.20 Å². The maximum absolute atomic E-state index is 12.3. The first-order valence-corrected chi connectivity index (χ1v) is 7.67. The van der Waals surface area contributed by atoms with Crippen LogP contribution < -0.4 is 5.43 Å². The topological polar surface area (TPSA) is 99.6 Å². The molecule has 0 fully saturated rings. The molecular weight excluding hydrogens is 298 g/mol. The number of rotatable bonds is 8. The number of hydrogen-bond donors (Lipinski definition) is 3. The van der Waals surface area contributed by atoms with Crippen molar-refractivity contribution in [3.63, 3.8) is 0 Å². The van der Waals surface area contributed by atoms with Gasteiger partial charge in [0, 0.05) is 23.7 Å². The molecule has 1 aromatic carbocycles. The zero-order chi connectivity index (χ0) is 16.8. The van der Waals surface area contributed by atoms with Crippen LogP contribution in [0, 0.1) is 0 Å². The molecule has 0 spiro atoms. The third-order valence-electron chi connectivity index (χ3n) is 3.78. The third-order valence-corrected chi connectivity index (χ3v) is 3.78. The molecule has 2 aromatic rings. The second-order valence-corrected chi connectivity index (χ2v) is 5.30. The molecule has 0 radical (unpaired) electrons. The molecule has 3 N–H and O–H groups in total. The molecule has 0 atom stereocenters. The van der Waals surface area contributed by atoms with Crippen LogP contribution in [0.1, 0.15) is 34.8 Å². The summed E-state index contributed by atoms with van der Waals surface area (Å²) in [5.74, 6) is -1.23. The fourth-order valence-electron chi connectivity index (χ4n) is 2.61. The molecule has 0 aliphatic heterocycles. The number of aryl methyl sites for hydroxylation is 2. The highest BCUT2D eigenvalue weighted by Crippen LogP contribution is 2.19. The highest BCUT2D eigenvalue weighted by Gasteiger charge is 2.13. The first-order chi connectivity index (χ1) is 11.1. The summed E-state index contributed by atoms with van der Waals surface area (Å²) in [6, 6.07) is 3.69. The van der Waals surface area contributed by atoms with E-state index in [-0.39, 0.29) is 12.2 Å². The van der Waals surface area contributed by atoms with Gasteiger partial charge in [0.05, 0.1) is 13.2 Å². The van der Waals surface area contributed by atoms with Crippen molar-refractivity contribution in [1.29, 1.82) is 0 Å². The Balaban J connectivity index is 2.33. The number of aliphatic hydroxyl groups is 1. The molecule has 6 nitrogen and oxygen atoms in total. The van der Waals surface area contributed by atoms with Crippen molar-refractivity contribution in [1.82, 2.24) is 4.98 Å². The van der Waals surface area contributed by atoms with Gasteiger partial charge in [-0.3, -0.25) is 4.79 Å². The Hall–Kier alpha value is -2.18. The summed E-state index contributed by atoms with van der Waals surface area (Å²) in [5.41, 5.74) is 2.09. The maximum atomic E-state index is 12.3. The van der Waals surface area contributed by atoms with Crippen LogP contribution in [0.3, 0.4) is 0 Å². The van der Waals surface area contributed by atoms with Gasteiger partial charge in [-0.25, -0.2) is 4.79 Å². The molecule has 6 heteroatoms. The van der Waals surface area contributed by atoms with Crippen LogP contribution in [0.4, 0.5) is 0 Å². The van der Waals surface area contributed by atoms with Crippen LogP contribution in [0.15, 0.2) is 23.1 Å². The number of ether oxygens (including phenoxy) is 1. The second kappa shape index (κ2) is 7.89. The molecule has 1 aromatic heterocycles. The fourth-order valence-corrected chi connectivity index (χ4v) is 2.61. The van der Waals surface area contributed by atoms with Gasteiger partial charge in [-0.15, -0.1) is 0 Å². The lowest BCUT2D eigenvalue weighted by molar-refractivity contribution is 0.0695. The molecule has 124 valence electrons. The van der Waals surface area contributed by atoms with E-state index < -0.39 is 11.4 Å². The Morgan fingerprint density at radius 2 is 2.04 bits per heavy atom. The van der Waals surface area contributed by atoms with Crippen LogP contribution in [0.2, 0.25) is 0 Å². The van der Waals surface area contributed by atoms with E-state index in [9.17, 15) is 9.59 Å². The number of aromatic nitrogens is 1. The standard InChI is InChI=1S/C17H21NO5/c1-2-11-9-15-13(16(20)14(10-18-15)17(21)22)8-12(11)4-3-6-23-7-5-19/h8-10,19H,2-7H2,1H3,(H,18,20)(H,21,22). The van der Waals surface area contributed by atoms with Crippen molar-refractivity contribution in [3.8, 4) is 0 Å². The fraction of sp³-hybridized carbons (Fsp3) is 0.412. The summed E-state index contributed by atoms with van der Waals surface area (Å²) < 4.78 is 5.24. The first-order valence-electron chi connectivity index (χ1n) is 7.67. The molecule has 0 amide bonds. The van der Waals surface area contributed by atoms with Crippen molar-refractivity contribution in [3.05, 3.63) is 45.2 Å².